The molecule has 1 amide bonds. The molecule has 0 saturated heterocycles. The summed E-state index contributed by atoms with van der Waals surface area (Å²) in [4.78, 5) is 27.9. The zero-order valence-corrected chi connectivity index (χ0v) is 15.7. The smallest absolute Gasteiger partial charge is 0.275 e. The molecular formula is C22H23N3O2. The van der Waals surface area contributed by atoms with Crippen molar-refractivity contribution in [3.8, 4) is 0 Å². The van der Waals surface area contributed by atoms with E-state index >= 15 is 0 Å². The fraction of sp³-hybridized carbons (Fsp3) is 0.318. The third-order valence-corrected chi connectivity index (χ3v) is 5.03. The molecular weight excluding hydrogens is 338 g/mol. The Balaban J connectivity index is 1.78. The molecule has 5 nitrogen and oxygen atoms in total. The summed E-state index contributed by atoms with van der Waals surface area (Å²) in [5, 5.41) is 5.67. The van der Waals surface area contributed by atoms with Crippen LogP contribution in [0.15, 0.2) is 53.3 Å². The lowest BCUT2D eigenvalue weighted by Crippen LogP contribution is -2.38. The van der Waals surface area contributed by atoms with Gasteiger partial charge < -0.3 is 4.90 Å². The third kappa shape index (κ3) is 3.25. The number of benzene rings is 2. The quantitative estimate of drug-likeness (QED) is 0.720. The van der Waals surface area contributed by atoms with Gasteiger partial charge in [-0.2, -0.15) is 5.10 Å². The molecule has 2 aromatic carbocycles. The first-order valence-electron chi connectivity index (χ1n) is 9.40. The summed E-state index contributed by atoms with van der Waals surface area (Å²) in [5.74, 6) is 0.152. The molecule has 27 heavy (non-hydrogen) atoms. The monoisotopic (exact) mass is 361 g/mol. The summed E-state index contributed by atoms with van der Waals surface area (Å²) in [6.45, 7) is 5.80. The maximum Gasteiger partial charge on any atom is 0.275 e. The van der Waals surface area contributed by atoms with Gasteiger partial charge in [-0.05, 0) is 29.5 Å². The van der Waals surface area contributed by atoms with E-state index in [1.807, 2.05) is 49.1 Å². The lowest BCUT2D eigenvalue weighted by molar-refractivity contribution is 0.0728. The molecule has 4 rings (SSSR count). The number of amides is 1. The molecule has 0 atom stereocenters. The van der Waals surface area contributed by atoms with Crippen molar-refractivity contribution in [1.82, 2.24) is 14.7 Å². The number of carbonyl (C=O) groups is 1. The maximum atomic E-state index is 13.3. The Morgan fingerprint density at radius 1 is 1.04 bits per heavy atom. The van der Waals surface area contributed by atoms with E-state index in [2.05, 4.69) is 17.2 Å². The topological polar surface area (TPSA) is 55.2 Å². The van der Waals surface area contributed by atoms with Gasteiger partial charge >= 0.3 is 0 Å². The summed E-state index contributed by atoms with van der Waals surface area (Å²) in [7, 11) is 0. The first-order valence-corrected chi connectivity index (χ1v) is 9.40. The summed E-state index contributed by atoms with van der Waals surface area (Å²) < 4.78 is 1.44. The van der Waals surface area contributed by atoms with Crippen molar-refractivity contribution >= 4 is 16.7 Å². The number of carbonyl (C=O) groups excluding carboxylic acids is 1. The molecule has 1 aliphatic heterocycles. The predicted molar refractivity (Wildman–Crippen MR) is 106 cm³/mol. The van der Waals surface area contributed by atoms with Gasteiger partial charge in [-0.3, -0.25) is 9.59 Å². The molecule has 0 unspecified atom stereocenters. The van der Waals surface area contributed by atoms with E-state index in [0.717, 1.165) is 6.42 Å². The highest BCUT2D eigenvalue weighted by molar-refractivity contribution is 6.04. The van der Waals surface area contributed by atoms with E-state index in [0.29, 0.717) is 36.1 Å². The molecule has 0 bridgehead atoms. The lowest BCUT2D eigenvalue weighted by atomic mass is 9.99. The predicted octanol–water partition coefficient (Wildman–Crippen LogP) is 3.25. The minimum Gasteiger partial charge on any atom is -0.333 e. The Kier molecular flexibility index (Phi) is 4.52. The molecule has 1 aliphatic rings. The fourth-order valence-corrected chi connectivity index (χ4v) is 3.68. The van der Waals surface area contributed by atoms with Crippen LogP contribution in [0.5, 0.6) is 0 Å². The van der Waals surface area contributed by atoms with E-state index in [9.17, 15) is 9.59 Å². The highest BCUT2D eigenvalue weighted by Gasteiger charge is 2.25. The van der Waals surface area contributed by atoms with Gasteiger partial charge in [0.2, 0.25) is 0 Å². The highest BCUT2D eigenvalue weighted by atomic mass is 16.2. The number of nitrogens with zero attached hydrogens (tertiary/aromatic N) is 3. The van der Waals surface area contributed by atoms with Gasteiger partial charge in [0.05, 0.1) is 5.39 Å². The average molecular weight is 361 g/mol. The standard InChI is InChI=1S/C22H23N3O2/c1-15(2)13-25-21(26)19-10-6-5-9-18(19)20(23-25)22(27)24-12-11-16-7-3-4-8-17(16)14-24/h3-10,15H,11-14H2,1-2H3. The van der Waals surface area contributed by atoms with Crippen LogP contribution in [0.3, 0.4) is 0 Å². The van der Waals surface area contributed by atoms with Crippen LogP contribution in [0, 0.1) is 5.92 Å². The Labute approximate surface area is 158 Å². The fourth-order valence-electron chi connectivity index (χ4n) is 3.68. The third-order valence-electron chi connectivity index (χ3n) is 5.03. The second-order valence-electron chi connectivity index (χ2n) is 7.52. The van der Waals surface area contributed by atoms with Crippen LogP contribution in [0.25, 0.3) is 10.8 Å². The van der Waals surface area contributed by atoms with Crippen molar-refractivity contribution in [2.24, 2.45) is 5.92 Å². The normalized spacial score (nSPS) is 13.8. The van der Waals surface area contributed by atoms with E-state index < -0.39 is 0 Å². The number of hydrogen-bond donors (Lipinski definition) is 0. The molecule has 0 fully saturated rings. The van der Waals surface area contributed by atoms with Crippen molar-refractivity contribution in [3.05, 3.63) is 75.7 Å². The van der Waals surface area contributed by atoms with Crippen LogP contribution in [0.1, 0.15) is 35.5 Å². The van der Waals surface area contributed by atoms with Crippen LogP contribution in [0.4, 0.5) is 0 Å². The van der Waals surface area contributed by atoms with Crippen LogP contribution in [-0.2, 0) is 19.5 Å². The van der Waals surface area contributed by atoms with Gasteiger partial charge in [0.25, 0.3) is 11.5 Å². The maximum absolute atomic E-state index is 13.3. The van der Waals surface area contributed by atoms with E-state index in [1.54, 1.807) is 6.07 Å². The Morgan fingerprint density at radius 2 is 1.70 bits per heavy atom. The highest BCUT2D eigenvalue weighted by Crippen LogP contribution is 2.22. The lowest BCUT2D eigenvalue weighted by Gasteiger charge is -2.29. The first-order chi connectivity index (χ1) is 13.0. The molecule has 0 radical (unpaired) electrons. The van der Waals surface area contributed by atoms with Crippen molar-refractivity contribution in [1.29, 1.82) is 0 Å². The molecule has 0 saturated carbocycles. The number of hydrogen-bond acceptors (Lipinski definition) is 3. The number of rotatable bonds is 3. The Bertz CT molecular complexity index is 1070. The van der Waals surface area contributed by atoms with Crippen LogP contribution < -0.4 is 5.56 Å². The molecule has 2 heterocycles. The largest absolute Gasteiger partial charge is 0.333 e. The summed E-state index contributed by atoms with van der Waals surface area (Å²) >= 11 is 0. The van der Waals surface area contributed by atoms with E-state index in [4.69, 9.17) is 0 Å². The summed E-state index contributed by atoms with van der Waals surface area (Å²) in [6, 6.07) is 15.5. The molecule has 0 N–H and O–H groups in total. The van der Waals surface area contributed by atoms with Crippen LogP contribution >= 0.6 is 0 Å². The zero-order chi connectivity index (χ0) is 19.0. The second kappa shape index (κ2) is 6.99. The van der Waals surface area contributed by atoms with E-state index in [-0.39, 0.29) is 17.4 Å². The second-order valence-corrected chi connectivity index (χ2v) is 7.52. The molecule has 138 valence electrons. The Morgan fingerprint density at radius 3 is 2.44 bits per heavy atom. The molecule has 0 spiro atoms. The molecule has 0 aliphatic carbocycles. The number of fused-ring (bicyclic) bond motifs is 2. The Hall–Kier alpha value is -2.95. The first kappa shape index (κ1) is 17.5. The van der Waals surface area contributed by atoms with Gasteiger partial charge in [-0.15, -0.1) is 0 Å². The summed E-state index contributed by atoms with van der Waals surface area (Å²) in [6.07, 6.45) is 0.839. The van der Waals surface area contributed by atoms with Crippen LogP contribution in [0.2, 0.25) is 0 Å². The minimum atomic E-state index is -0.139. The SMILES string of the molecule is CC(C)Cn1nc(C(=O)N2CCc3ccccc3C2)c2ccccc2c1=O. The number of aromatic nitrogens is 2. The molecule has 5 heteroatoms. The van der Waals surface area contributed by atoms with Gasteiger partial charge in [-0.1, -0.05) is 56.3 Å². The average Bonchev–Trinajstić information content (AvgIpc) is 2.69. The minimum absolute atomic E-state index is 0.113. The van der Waals surface area contributed by atoms with E-state index in [1.165, 1.54) is 15.8 Å². The molecule has 3 aromatic rings. The van der Waals surface area contributed by atoms with Gasteiger partial charge in [0.1, 0.15) is 0 Å². The van der Waals surface area contributed by atoms with Crippen molar-refractivity contribution in [3.63, 3.8) is 0 Å². The van der Waals surface area contributed by atoms with Crippen molar-refractivity contribution in [2.45, 2.75) is 33.4 Å². The van der Waals surface area contributed by atoms with Crippen LogP contribution in [-0.4, -0.2) is 27.1 Å². The zero-order valence-electron chi connectivity index (χ0n) is 15.7. The van der Waals surface area contributed by atoms with Gasteiger partial charge in [-0.25, -0.2) is 4.68 Å². The van der Waals surface area contributed by atoms with Crippen molar-refractivity contribution in [2.75, 3.05) is 6.54 Å². The summed E-state index contributed by atoms with van der Waals surface area (Å²) in [5.41, 5.74) is 2.70. The van der Waals surface area contributed by atoms with Gasteiger partial charge in [0, 0.05) is 25.0 Å². The van der Waals surface area contributed by atoms with Gasteiger partial charge in [0.15, 0.2) is 5.69 Å². The van der Waals surface area contributed by atoms with Crippen molar-refractivity contribution < 1.29 is 4.79 Å². The molecule has 1 aromatic heterocycles.